The molecule has 8 nitrogen and oxygen atoms in total. The number of nitrogens with zero attached hydrogens (tertiary/aromatic N) is 6. The van der Waals surface area contributed by atoms with Gasteiger partial charge in [0.15, 0.2) is 0 Å². The first-order valence-electron chi connectivity index (χ1n) is 10.9. The van der Waals surface area contributed by atoms with Crippen LogP contribution in [0.2, 0.25) is 0 Å². The number of benzene rings is 3. The van der Waals surface area contributed by atoms with Crippen molar-refractivity contribution in [2.24, 2.45) is 10.1 Å². The molecule has 0 aliphatic carbocycles. The lowest BCUT2D eigenvalue weighted by Gasteiger charge is -2.08. The Balaban J connectivity index is 1.64. The van der Waals surface area contributed by atoms with Crippen molar-refractivity contribution in [3.05, 3.63) is 122 Å². The SMILES string of the molecule is CC(=Nn1c(-c2cccc(Br)c2)csc1=Nc1ccccc1[N+](=O)[O-])c1ccc(-n2ccnc2)cc1. The summed E-state index contributed by atoms with van der Waals surface area (Å²) in [4.78, 5) is 20.4. The smallest absolute Gasteiger partial charge is 0.294 e. The molecule has 0 amide bonds. The number of nitro benzene ring substituents is 1. The van der Waals surface area contributed by atoms with Crippen LogP contribution >= 0.6 is 27.3 Å². The van der Waals surface area contributed by atoms with Gasteiger partial charge in [0.1, 0.15) is 5.69 Å². The number of nitro groups is 1. The lowest BCUT2D eigenvalue weighted by molar-refractivity contribution is -0.384. The highest BCUT2D eigenvalue weighted by Gasteiger charge is 2.14. The van der Waals surface area contributed by atoms with E-state index >= 15 is 0 Å². The predicted octanol–water partition coefficient (Wildman–Crippen LogP) is 6.58. The van der Waals surface area contributed by atoms with Crippen molar-refractivity contribution in [3.63, 3.8) is 0 Å². The molecule has 0 saturated carbocycles. The third kappa shape index (κ3) is 4.95. The number of halogens is 1. The van der Waals surface area contributed by atoms with Crippen LogP contribution in [0.5, 0.6) is 0 Å². The molecular weight excluding hydrogens is 540 g/mol. The topological polar surface area (TPSA) is 90.6 Å². The van der Waals surface area contributed by atoms with Crippen molar-refractivity contribution in [3.8, 4) is 16.9 Å². The summed E-state index contributed by atoms with van der Waals surface area (Å²) >= 11 is 4.91. The number of hydrogen-bond acceptors (Lipinski definition) is 6. The first-order valence-corrected chi connectivity index (χ1v) is 12.6. The second-order valence-corrected chi connectivity index (χ2v) is 9.54. The molecule has 0 fully saturated rings. The summed E-state index contributed by atoms with van der Waals surface area (Å²) in [5, 5.41) is 18.4. The molecule has 5 rings (SSSR count). The van der Waals surface area contributed by atoms with Crippen LogP contribution in [0.4, 0.5) is 11.4 Å². The van der Waals surface area contributed by atoms with E-state index in [1.54, 1.807) is 35.4 Å². The number of thiazole rings is 1. The first kappa shape index (κ1) is 23.6. The van der Waals surface area contributed by atoms with Crippen LogP contribution in [0.3, 0.4) is 0 Å². The average Bonchev–Trinajstić information content (AvgIpc) is 3.55. The Morgan fingerprint density at radius 1 is 1.08 bits per heavy atom. The van der Waals surface area contributed by atoms with Gasteiger partial charge in [-0.2, -0.15) is 5.10 Å². The average molecular weight is 559 g/mol. The van der Waals surface area contributed by atoms with Crippen LogP contribution in [0, 0.1) is 10.1 Å². The quantitative estimate of drug-likeness (QED) is 0.134. The van der Waals surface area contributed by atoms with Crippen LogP contribution in [0.25, 0.3) is 16.9 Å². The van der Waals surface area contributed by atoms with Crippen molar-refractivity contribution < 1.29 is 4.92 Å². The second kappa shape index (κ2) is 10.2. The number of para-hydroxylation sites is 2. The van der Waals surface area contributed by atoms with Gasteiger partial charge in [-0.15, -0.1) is 11.3 Å². The van der Waals surface area contributed by atoms with Crippen molar-refractivity contribution in [1.29, 1.82) is 0 Å². The van der Waals surface area contributed by atoms with Crippen LogP contribution < -0.4 is 4.80 Å². The summed E-state index contributed by atoms with van der Waals surface area (Å²) < 4.78 is 4.60. The molecule has 0 atom stereocenters. The molecule has 2 aromatic heterocycles. The normalized spacial score (nSPS) is 12.2. The Hall–Kier alpha value is -4.15. The Labute approximate surface area is 218 Å². The second-order valence-electron chi connectivity index (χ2n) is 7.79. The molecule has 2 heterocycles. The summed E-state index contributed by atoms with van der Waals surface area (Å²) in [6, 6.07) is 22.3. The molecule has 0 N–H and O–H groups in total. The van der Waals surface area contributed by atoms with Crippen molar-refractivity contribution >= 4 is 44.4 Å². The molecule has 0 aliphatic rings. The third-order valence-electron chi connectivity index (χ3n) is 5.44. The maximum absolute atomic E-state index is 11.5. The molecule has 178 valence electrons. The molecule has 0 radical (unpaired) electrons. The number of imidazole rings is 1. The molecule has 0 spiro atoms. The van der Waals surface area contributed by atoms with E-state index in [0.29, 0.717) is 4.80 Å². The Morgan fingerprint density at radius 2 is 1.89 bits per heavy atom. The van der Waals surface area contributed by atoms with Gasteiger partial charge in [0.25, 0.3) is 5.69 Å². The zero-order chi connectivity index (χ0) is 25.1. The van der Waals surface area contributed by atoms with E-state index in [4.69, 9.17) is 5.10 Å². The molecule has 5 aromatic rings. The lowest BCUT2D eigenvalue weighted by atomic mass is 10.1. The Bertz CT molecular complexity index is 1640. The molecule has 0 bridgehead atoms. The molecule has 0 unspecified atom stereocenters. The monoisotopic (exact) mass is 558 g/mol. The van der Waals surface area contributed by atoms with Gasteiger partial charge in [-0.05, 0) is 42.8 Å². The molecule has 0 aliphatic heterocycles. The van der Waals surface area contributed by atoms with Crippen LogP contribution in [0.1, 0.15) is 12.5 Å². The van der Waals surface area contributed by atoms with E-state index in [0.717, 1.165) is 32.7 Å². The first-order chi connectivity index (χ1) is 17.5. The van der Waals surface area contributed by atoms with Crippen molar-refractivity contribution in [1.82, 2.24) is 14.2 Å². The van der Waals surface area contributed by atoms with E-state index in [2.05, 4.69) is 25.9 Å². The summed E-state index contributed by atoms with van der Waals surface area (Å²) in [6.07, 6.45) is 5.37. The fourth-order valence-corrected chi connectivity index (χ4v) is 4.87. The lowest BCUT2D eigenvalue weighted by Crippen LogP contribution is -2.14. The standard InChI is InChI=1S/C26H19BrN6O2S/c1-18(19-9-11-22(12-10-19)31-14-13-28-17-31)30-32-25(20-5-4-6-21(27)15-20)16-36-26(32)29-23-7-2-3-8-24(23)33(34)35/h2-17H,1H3. The van der Waals surface area contributed by atoms with E-state index in [-0.39, 0.29) is 11.4 Å². The summed E-state index contributed by atoms with van der Waals surface area (Å²) in [5.74, 6) is 0. The Morgan fingerprint density at radius 3 is 2.61 bits per heavy atom. The van der Waals surface area contributed by atoms with Crippen LogP contribution in [0.15, 0.2) is 111 Å². The van der Waals surface area contributed by atoms with Gasteiger partial charge >= 0.3 is 0 Å². The minimum atomic E-state index is -0.428. The third-order valence-corrected chi connectivity index (χ3v) is 6.75. The number of hydrogen-bond donors (Lipinski definition) is 0. The van der Waals surface area contributed by atoms with Gasteiger partial charge in [-0.3, -0.25) is 10.1 Å². The van der Waals surface area contributed by atoms with Gasteiger partial charge in [0, 0.05) is 39.6 Å². The van der Waals surface area contributed by atoms with Crippen LogP contribution in [-0.4, -0.2) is 24.9 Å². The highest BCUT2D eigenvalue weighted by molar-refractivity contribution is 9.10. The van der Waals surface area contributed by atoms with Crippen molar-refractivity contribution in [2.45, 2.75) is 6.92 Å². The van der Waals surface area contributed by atoms with Gasteiger partial charge in [0.2, 0.25) is 4.80 Å². The Kier molecular flexibility index (Phi) is 6.70. The zero-order valence-corrected chi connectivity index (χ0v) is 21.4. The maximum atomic E-state index is 11.5. The van der Waals surface area contributed by atoms with E-state index in [9.17, 15) is 10.1 Å². The largest absolute Gasteiger partial charge is 0.306 e. The van der Waals surface area contributed by atoms with Gasteiger partial charge in [-0.25, -0.2) is 14.7 Å². The highest BCUT2D eigenvalue weighted by atomic mass is 79.9. The number of aromatic nitrogens is 3. The fourth-order valence-electron chi connectivity index (χ4n) is 3.63. The number of rotatable bonds is 6. The maximum Gasteiger partial charge on any atom is 0.294 e. The van der Waals surface area contributed by atoms with E-state index < -0.39 is 4.92 Å². The summed E-state index contributed by atoms with van der Waals surface area (Å²) in [5.41, 5.74) is 4.69. The molecule has 36 heavy (non-hydrogen) atoms. The van der Waals surface area contributed by atoms with Crippen molar-refractivity contribution in [2.75, 3.05) is 0 Å². The minimum Gasteiger partial charge on any atom is -0.306 e. The predicted molar refractivity (Wildman–Crippen MR) is 145 cm³/mol. The molecule has 10 heteroatoms. The molecular formula is C26H19BrN6O2S. The molecule has 3 aromatic carbocycles. The van der Waals surface area contributed by atoms with Crippen LogP contribution in [-0.2, 0) is 0 Å². The van der Waals surface area contributed by atoms with Gasteiger partial charge in [0.05, 0.1) is 22.7 Å². The fraction of sp³-hybridized carbons (Fsp3) is 0.0385. The van der Waals surface area contributed by atoms with Gasteiger partial charge in [-0.1, -0.05) is 52.3 Å². The van der Waals surface area contributed by atoms with E-state index in [1.807, 2.05) is 71.6 Å². The van der Waals surface area contributed by atoms with Gasteiger partial charge < -0.3 is 4.57 Å². The summed E-state index contributed by atoms with van der Waals surface area (Å²) in [6.45, 7) is 1.93. The molecule has 0 saturated heterocycles. The minimum absolute atomic E-state index is 0.0581. The summed E-state index contributed by atoms with van der Waals surface area (Å²) in [7, 11) is 0. The van der Waals surface area contributed by atoms with E-state index in [1.165, 1.54) is 17.4 Å². The zero-order valence-electron chi connectivity index (χ0n) is 19.0. The highest BCUT2D eigenvalue weighted by Crippen LogP contribution is 2.28.